The minimum Gasteiger partial charge on any atom is -0.495 e. The van der Waals surface area contributed by atoms with E-state index in [-0.39, 0.29) is 5.69 Å². The zero-order valence-electron chi connectivity index (χ0n) is 13.5. The number of carbonyl (C=O) groups excluding carboxylic acids is 2. The Hall–Kier alpha value is -2.74. The molecule has 0 saturated carbocycles. The third kappa shape index (κ3) is 5.13. The molecule has 0 spiro atoms. The van der Waals surface area contributed by atoms with Gasteiger partial charge in [-0.3, -0.25) is 9.59 Å². The van der Waals surface area contributed by atoms with Crippen molar-refractivity contribution in [3.63, 3.8) is 0 Å². The number of nitrogens with one attached hydrogen (secondary N) is 2. The van der Waals surface area contributed by atoms with Crippen LogP contribution in [-0.2, 0) is 15.8 Å². The van der Waals surface area contributed by atoms with Gasteiger partial charge in [-0.2, -0.15) is 13.2 Å². The third-order valence-electron chi connectivity index (χ3n) is 3.26. The smallest absolute Gasteiger partial charge is 0.418 e. The lowest BCUT2D eigenvalue weighted by Gasteiger charge is -2.14. The molecule has 0 heterocycles. The van der Waals surface area contributed by atoms with Gasteiger partial charge >= 0.3 is 6.18 Å². The number of para-hydroxylation sites is 1. The van der Waals surface area contributed by atoms with Crippen LogP contribution in [0, 0.1) is 0 Å². The van der Waals surface area contributed by atoms with E-state index in [0.29, 0.717) is 10.8 Å². The van der Waals surface area contributed by atoms with Crippen LogP contribution in [0.5, 0.6) is 5.75 Å². The molecule has 0 atom stereocenters. The first-order valence-corrected chi connectivity index (χ1v) is 7.68. The fraction of sp³-hybridized carbons (Fsp3) is 0.176. The van der Waals surface area contributed by atoms with Crippen LogP contribution in [-0.4, -0.2) is 18.9 Å². The Bertz CT molecular complexity index is 825. The Morgan fingerprint density at radius 2 is 1.65 bits per heavy atom. The van der Waals surface area contributed by atoms with Crippen LogP contribution in [0.2, 0.25) is 5.02 Å². The highest BCUT2D eigenvalue weighted by Crippen LogP contribution is 2.34. The van der Waals surface area contributed by atoms with Crippen LogP contribution in [0.25, 0.3) is 0 Å². The number of rotatable bonds is 5. The Kier molecular flexibility index (Phi) is 6.10. The van der Waals surface area contributed by atoms with Gasteiger partial charge in [0.05, 0.1) is 24.0 Å². The highest BCUT2D eigenvalue weighted by Gasteiger charge is 2.33. The maximum absolute atomic E-state index is 12.9. The number of ether oxygens (including phenoxy) is 1. The number of alkyl halides is 3. The Morgan fingerprint density at radius 1 is 1.04 bits per heavy atom. The molecule has 0 fully saturated rings. The summed E-state index contributed by atoms with van der Waals surface area (Å²) in [5.41, 5.74) is -1.17. The molecule has 2 aromatic rings. The van der Waals surface area contributed by atoms with Crippen molar-refractivity contribution in [3.05, 3.63) is 53.1 Å². The molecule has 0 aliphatic heterocycles. The van der Waals surface area contributed by atoms with E-state index in [1.807, 2.05) is 0 Å². The summed E-state index contributed by atoms with van der Waals surface area (Å²) in [6.45, 7) is 0. The molecule has 0 aromatic heterocycles. The second kappa shape index (κ2) is 8.09. The number of benzene rings is 2. The predicted molar refractivity (Wildman–Crippen MR) is 91.3 cm³/mol. The van der Waals surface area contributed by atoms with E-state index < -0.39 is 35.7 Å². The van der Waals surface area contributed by atoms with Gasteiger partial charge in [-0.1, -0.05) is 23.7 Å². The lowest BCUT2D eigenvalue weighted by atomic mass is 10.1. The van der Waals surface area contributed by atoms with Gasteiger partial charge in [0.2, 0.25) is 11.8 Å². The molecule has 2 N–H and O–H groups in total. The van der Waals surface area contributed by atoms with Gasteiger partial charge in [0.1, 0.15) is 12.2 Å². The average Bonchev–Trinajstić information content (AvgIpc) is 2.54. The quantitative estimate of drug-likeness (QED) is 0.751. The lowest BCUT2D eigenvalue weighted by molar-refractivity contribution is -0.137. The first kappa shape index (κ1) is 19.6. The van der Waals surface area contributed by atoms with Crippen molar-refractivity contribution in [2.75, 3.05) is 17.7 Å². The van der Waals surface area contributed by atoms with Crippen LogP contribution in [0.1, 0.15) is 12.0 Å². The molecule has 138 valence electrons. The molecule has 0 unspecified atom stereocenters. The zero-order chi connectivity index (χ0) is 19.3. The molecule has 9 heteroatoms. The molecule has 5 nitrogen and oxygen atoms in total. The van der Waals surface area contributed by atoms with Gasteiger partial charge in [0, 0.05) is 5.02 Å². The number of halogens is 4. The van der Waals surface area contributed by atoms with Crippen LogP contribution in [0.15, 0.2) is 42.5 Å². The third-order valence-corrected chi connectivity index (χ3v) is 3.50. The van der Waals surface area contributed by atoms with Gasteiger partial charge in [-0.15, -0.1) is 0 Å². The maximum Gasteiger partial charge on any atom is 0.418 e. The molecule has 0 bridgehead atoms. The van der Waals surface area contributed by atoms with Crippen LogP contribution in [0.3, 0.4) is 0 Å². The van der Waals surface area contributed by atoms with Crippen molar-refractivity contribution in [1.29, 1.82) is 0 Å². The van der Waals surface area contributed by atoms with Gasteiger partial charge < -0.3 is 15.4 Å². The molecule has 26 heavy (non-hydrogen) atoms. The van der Waals surface area contributed by atoms with Crippen molar-refractivity contribution >= 4 is 34.8 Å². The van der Waals surface area contributed by atoms with Gasteiger partial charge in [0.15, 0.2) is 0 Å². The van der Waals surface area contributed by atoms with Crippen molar-refractivity contribution in [2.24, 2.45) is 0 Å². The minimum atomic E-state index is -4.62. The lowest BCUT2D eigenvalue weighted by Crippen LogP contribution is -2.23. The van der Waals surface area contributed by atoms with Gasteiger partial charge in [0.25, 0.3) is 0 Å². The van der Waals surface area contributed by atoms with E-state index in [1.54, 1.807) is 6.07 Å². The van der Waals surface area contributed by atoms with E-state index in [1.165, 1.54) is 31.4 Å². The largest absolute Gasteiger partial charge is 0.495 e. The van der Waals surface area contributed by atoms with Crippen LogP contribution < -0.4 is 15.4 Å². The summed E-state index contributed by atoms with van der Waals surface area (Å²) in [7, 11) is 1.39. The summed E-state index contributed by atoms with van der Waals surface area (Å²) in [6.07, 6.45) is -5.30. The summed E-state index contributed by atoms with van der Waals surface area (Å²) >= 11 is 5.84. The van der Waals surface area contributed by atoms with Gasteiger partial charge in [-0.05, 0) is 30.3 Å². The molecule has 2 amide bonds. The minimum absolute atomic E-state index is 0.244. The molecule has 0 aliphatic rings. The summed E-state index contributed by atoms with van der Waals surface area (Å²) in [5, 5.41) is 4.87. The van der Waals surface area contributed by atoms with E-state index in [9.17, 15) is 22.8 Å². The topological polar surface area (TPSA) is 67.4 Å². The molecule has 2 aromatic carbocycles. The normalized spacial score (nSPS) is 11.0. The Morgan fingerprint density at radius 3 is 2.27 bits per heavy atom. The summed E-state index contributed by atoms with van der Waals surface area (Å²) < 4.78 is 43.8. The number of hydrogen-bond donors (Lipinski definition) is 2. The van der Waals surface area contributed by atoms with E-state index in [2.05, 4.69) is 10.6 Å². The molecular weight excluding hydrogens is 373 g/mol. The average molecular weight is 387 g/mol. The molecular formula is C17H14ClF3N2O3. The second-order valence-electron chi connectivity index (χ2n) is 5.16. The Labute approximate surface area is 152 Å². The molecule has 0 radical (unpaired) electrons. The van der Waals surface area contributed by atoms with Crippen molar-refractivity contribution < 1.29 is 27.5 Å². The standard InChI is InChI=1S/C17H14ClF3N2O3/c1-26-14-7-6-10(18)8-13(14)23-16(25)9-15(24)22-12-5-3-2-4-11(12)17(19,20)21/h2-8H,9H2,1H3,(H,22,24)(H,23,25). The number of carbonyl (C=O) groups is 2. The number of anilines is 2. The monoisotopic (exact) mass is 386 g/mol. The Balaban J connectivity index is 2.05. The summed E-state index contributed by atoms with van der Waals surface area (Å²) in [4.78, 5) is 23.9. The zero-order valence-corrected chi connectivity index (χ0v) is 14.2. The first-order valence-electron chi connectivity index (χ1n) is 7.30. The molecule has 0 aliphatic carbocycles. The highest BCUT2D eigenvalue weighted by atomic mass is 35.5. The molecule has 0 saturated heterocycles. The highest BCUT2D eigenvalue weighted by molar-refractivity contribution is 6.31. The fourth-order valence-corrected chi connectivity index (χ4v) is 2.32. The number of amides is 2. The van der Waals surface area contributed by atoms with Crippen LogP contribution in [0.4, 0.5) is 24.5 Å². The fourth-order valence-electron chi connectivity index (χ4n) is 2.15. The van der Waals surface area contributed by atoms with Gasteiger partial charge in [-0.25, -0.2) is 0 Å². The summed E-state index contributed by atoms with van der Waals surface area (Å²) in [6, 6.07) is 9.01. The van der Waals surface area contributed by atoms with Crippen molar-refractivity contribution in [3.8, 4) is 5.75 Å². The van der Waals surface area contributed by atoms with Crippen molar-refractivity contribution in [1.82, 2.24) is 0 Å². The first-order chi connectivity index (χ1) is 12.2. The van der Waals surface area contributed by atoms with E-state index >= 15 is 0 Å². The second-order valence-corrected chi connectivity index (χ2v) is 5.60. The maximum atomic E-state index is 12.9. The van der Waals surface area contributed by atoms with Crippen LogP contribution >= 0.6 is 11.6 Å². The van der Waals surface area contributed by atoms with E-state index in [0.717, 1.165) is 12.1 Å². The molecule has 2 rings (SSSR count). The summed E-state index contributed by atoms with van der Waals surface area (Å²) in [5.74, 6) is -1.29. The number of methoxy groups -OCH3 is 1. The SMILES string of the molecule is COc1ccc(Cl)cc1NC(=O)CC(=O)Nc1ccccc1C(F)(F)F. The van der Waals surface area contributed by atoms with Crippen molar-refractivity contribution in [2.45, 2.75) is 12.6 Å². The predicted octanol–water partition coefficient (Wildman–Crippen LogP) is 4.33. The number of hydrogen-bond acceptors (Lipinski definition) is 3. The van der Waals surface area contributed by atoms with E-state index in [4.69, 9.17) is 16.3 Å².